The lowest BCUT2D eigenvalue weighted by molar-refractivity contribution is -0.148. The smallest absolute Gasteiger partial charge is 0.416 e. The van der Waals surface area contributed by atoms with Crippen LogP contribution < -0.4 is 10.6 Å². The van der Waals surface area contributed by atoms with E-state index in [2.05, 4.69) is 10.6 Å². The van der Waals surface area contributed by atoms with Gasteiger partial charge in [-0.05, 0) is 44.2 Å². The molecule has 0 fully saturated rings. The second-order valence-electron chi connectivity index (χ2n) is 6.30. The Bertz CT molecular complexity index is 913. The number of aryl methyl sites for hydroxylation is 1. The lowest BCUT2D eigenvalue weighted by Gasteiger charge is -2.14. The van der Waals surface area contributed by atoms with Crippen LogP contribution >= 0.6 is 0 Å². The minimum absolute atomic E-state index is 0.0818. The lowest BCUT2D eigenvalue weighted by atomic mass is 10.1. The van der Waals surface area contributed by atoms with Crippen LogP contribution in [-0.2, 0) is 20.5 Å². The van der Waals surface area contributed by atoms with Crippen molar-refractivity contribution in [1.29, 1.82) is 0 Å². The molecule has 9 heteroatoms. The van der Waals surface area contributed by atoms with E-state index in [1.54, 1.807) is 18.2 Å². The molecule has 0 aromatic heterocycles. The van der Waals surface area contributed by atoms with E-state index in [0.29, 0.717) is 5.56 Å². The summed E-state index contributed by atoms with van der Waals surface area (Å²) in [5.41, 5.74) is 0.243. The average molecular weight is 408 g/mol. The standard InChI is InChI=1S/C20H19F3N2O4/c1-12-5-3-6-14(9-12)18(27)24-13(2)19(28)29-11-17(26)25-16-8-4-7-15(10-16)20(21,22)23/h3-10,13H,11H2,1-2H3,(H,24,27)(H,25,26)/t13-/m0/s1. The Labute approximate surface area is 165 Å². The highest BCUT2D eigenvalue weighted by Gasteiger charge is 2.30. The molecule has 0 heterocycles. The molecule has 2 aromatic rings. The van der Waals surface area contributed by atoms with Gasteiger partial charge in [0, 0.05) is 11.3 Å². The van der Waals surface area contributed by atoms with Crippen molar-refractivity contribution < 1.29 is 32.3 Å². The molecule has 6 nitrogen and oxygen atoms in total. The zero-order valence-electron chi connectivity index (χ0n) is 15.7. The molecule has 0 aliphatic heterocycles. The topological polar surface area (TPSA) is 84.5 Å². The van der Waals surface area contributed by atoms with Crippen LogP contribution in [0.3, 0.4) is 0 Å². The third-order valence-electron chi connectivity index (χ3n) is 3.80. The fourth-order valence-corrected chi connectivity index (χ4v) is 2.36. The number of benzene rings is 2. The molecule has 2 aromatic carbocycles. The molecule has 0 saturated carbocycles. The van der Waals surface area contributed by atoms with E-state index in [-0.39, 0.29) is 5.69 Å². The predicted molar refractivity (Wildman–Crippen MR) is 99.1 cm³/mol. The second-order valence-corrected chi connectivity index (χ2v) is 6.30. The molecule has 0 bridgehead atoms. The number of carbonyl (C=O) groups excluding carboxylic acids is 3. The van der Waals surface area contributed by atoms with Gasteiger partial charge in [0.2, 0.25) is 0 Å². The molecule has 0 saturated heterocycles. The number of anilines is 1. The monoisotopic (exact) mass is 408 g/mol. The number of hydrogen-bond donors (Lipinski definition) is 2. The van der Waals surface area contributed by atoms with Gasteiger partial charge in [-0.2, -0.15) is 13.2 Å². The number of ether oxygens (including phenoxy) is 1. The summed E-state index contributed by atoms with van der Waals surface area (Å²) < 4.78 is 42.8. The van der Waals surface area contributed by atoms with Gasteiger partial charge in [-0.25, -0.2) is 4.79 Å². The molecule has 2 amide bonds. The number of rotatable bonds is 6. The van der Waals surface area contributed by atoms with Crippen molar-refractivity contribution in [3.05, 3.63) is 65.2 Å². The van der Waals surface area contributed by atoms with Gasteiger partial charge in [0.15, 0.2) is 6.61 Å². The van der Waals surface area contributed by atoms with E-state index in [4.69, 9.17) is 4.74 Å². The van der Waals surface area contributed by atoms with Gasteiger partial charge in [0.05, 0.1) is 5.56 Å². The molecule has 0 spiro atoms. The number of nitrogens with one attached hydrogen (secondary N) is 2. The van der Waals surface area contributed by atoms with E-state index < -0.39 is 42.2 Å². The maximum Gasteiger partial charge on any atom is 0.416 e. The highest BCUT2D eigenvalue weighted by atomic mass is 19.4. The van der Waals surface area contributed by atoms with Gasteiger partial charge in [0.1, 0.15) is 6.04 Å². The number of esters is 1. The Balaban J connectivity index is 1.85. The van der Waals surface area contributed by atoms with Crippen LogP contribution in [0.5, 0.6) is 0 Å². The van der Waals surface area contributed by atoms with Crippen LogP contribution in [0.1, 0.15) is 28.4 Å². The fourth-order valence-electron chi connectivity index (χ4n) is 2.36. The lowest BCUT2D eigenvalue weighted by Crippen LogP contribution is -2.40. The van der Waals surface area contributed by atoms with Crippen molar-refractivity contribution in [3.63, 3.8) is 0 Å². The molecule has 0 radical (unpaired) electrons. The Hall–Kier alpha value is -3.36. The molecule has 1 atom stereocenters. The van der Waals surface area contributed by atoms with E-state index >= 15 is 0 Å². The largest absolute Gasteiger partial charge is 0.454 e. The highest BCUT2D eigenvalue weighted by molar-refractivity contribution is 5.97. The van der Waals surface area contributed by atoms with Crippen molar-refractivity contribution in [2.75, 3.05) is 11.9 Å². The number of hydrogen-bond acceptors (Lipinski definition) is 4. The van der Waals surface area contributed by atoms with E-state index in [9.17, 15) is 27.6 Å². The number of amides is 2. The second kappa shape index (κ2) is 9.22. The molecular weight excluding hydrogens is 389 g/mol. The molecule has 0 aliphatic rings. The maximum absolute atomic E-state index is 12.7. The van der Waals surface area contributed by atoms with Gasteiger partial charge in [-0.3, -0.25) is 9.59 Å². The fraction of sp³-hybridized carbons (Fsp3) is 0.250. The zero-order valence-corrected chi connectivity index (χ0v) is 15.7. The van der Waals surface area contributed by atoms with E-state index in [0.717, 1.165) is 23.8 Å². The summed E-state index contributed by atoms with van der Waals surface area (Å²) in [4.78, 5) is 35.9. The Kier molecular flexibility index (Phi) is 6.98. The summed E-state index contributed by atoms with van der Waals surface area (Å²) in [7, 11) is 0. The summed E-state index contributed by atoms with van der Waals surface area (Å²) in [5.74, 6) is -2.15. The van der Waals surface area contributed by atoms with Gasteiger partial charge >= 0.3 is 12.1 Å². The summed E-state index contributed by atoms with van der Waals surface area (Å²) in [6.07, 6.45) is -4.54. The number of alkyl halides is 3. The first-order valence-electron chi connectivity index (χ1n) is 8.57. The van der Waals surface area contributed by atoms with Gasteiger partial charge in [-0.1, -0.05) is 23.8 Å². The predicted octanol–water partition coefficient (Wildman–Crippen LogP) is 3.31. The van der Waals surface area contributed by atoms with Crippen LogP contribution in [0.15, 0.2) is 48.5 Å². The summed E-state index contributed by atoms with van der Waals surface area (Å²) in [6, 6.07) is 9.79. The molecule has 2 rings (SSSR count). The van der Waals surface area contributed by atoms with Crippen LogP contribution in [0.25, 0.3) is 0 Å². The Morgan fingerprint density at radius 2 is 1.76 bits per heavy atom. The van der Waals surface area contributed by atoms with Crippen molar-refractivity contribution in [2.24, 2.45) is 0 Å². The molecule has 0 aliphatic carbocycles. The summed E-state index contributed by atoms with van der Waals surface area (Å²) in [5, 5.41) is 4.67. The van der Waals surface area contributed by atoms with Gasteiger partial charge in [0.25, 0.3) is 11.8 Å². The van der Waals surface area contributed by atoms with Crippen molar-refractivity contribution in [2.45, 2.75) is 26.1 Å². The molecule has 0 unspecified atom stereocenters. The minimum atomic E-state index is -4.54. The van der Waals surface area contributed by atoms with E-state index in [1.807, 2.05) is 13.0 Å². The molecular formula is C20H19F3N2O4. The number of carbonyl (C=O) groups is 3. The first kappa shape index (κ1) is 21.9. The highest BCUT2D eigenvalue weighted by Crippen LogP contribution is 2.30. The van der Waals surface area contributed by atoms with Gasteiger partial charge < -0.3 is 15.4 Å². The third kappa shape index (κ3) is 6.63. The minimum Gasteiger partial charge on any atom is -0.454 e. The number of halogens is 3. The SMILES string of the molecule is Cc1cccc(C(=O)N[C@@H](C)C(=O)OCC(=O)Nc2cccc(C(F)(F)F)c2)c1. The normalized spacial score (nSPS) is 12.0. The average Bonchev–Trinajstić information content (AvgIpc) is 2.65. The van der Waals surface area contributed by atoms with Crippen molar-refractivity contribution >= 4 is 23.5 Å². The molecule has 2 N–H and O–H groups in total. The van der Waals surface area contributed by atoms with Crippen molar-refractivity contribution in [3.8, 4) is 0 Å². The first-order chi connectivity index (χ1) is 13.6. The summed E-state index contributed by atoms with van der Waals surface area (Å²) >= 11 is 0. The van der Waals surface area contributed by atoms with Crippen molar-refractivity contribution in [1.82, 2.24) is 5.32 Å². The van der Waals surface area contributed by atoms with E-state index in [1.165, 1.54) is 13.0 Å². The van der Waals surface area contributed by atoms with Crippen LogP contribution in [0.2, 0.25) is 0 Å². The Morgan fingerprint density at radius 3 is 2.41 bits per heavy atom. The maximum atomic E-state index is 12.7. The third-order valence-corrected chi connectivity index (χ3v) is 3.80. The zero-order chi connectivity index (χ0) is 21.6. The quantitative estimate of drug-likeness (QED) is 0.719. The van der Waals surface area contributed by atoms with Crippen LogP contribution in [-0.4, -0.2) is 30.4 Å². The summed E-state index contributed by atoms with van der Waals surface area (Å²) in [6.45, 7) is 2.50. The van der Waals surface area contributed by atoms with Gasteiger partial charge in [-0.15, -0.1) is 0 Å². The molecule has 154 valence electrons. The molecule has 29 heavy (non-hydrogen) atoms. The van der Waals surface area contributed by atoms with Crippen LogP contribution in [0.4, 0.5) is 18.9 Å². The first-order valence-corrected chi connectivity index (χ1v) is 8.57. The Morgan fingerprint density at radius 1 is 1.07 bits per heavy atom. The van der Waals surface area contributed by atoms with Crippen LogP contribution in [0, 0.1) is 6.92 Å².